The molecule has 1 aromatic rings. The Labute approximate surface area is 143 Å². The molecule has 2 aliphatic rings. The number of likely N-dealkylation sites (N-methyl/N-ethyl adjacent to an activating group) is 1. The molecular weight excluding hydrogens is 308 g/mol. The maximum Gasteiger partial charge on any atom is 0.248 e. The van der Waals surface area contributed by atoms with Crippen LogP contribution in [-0.4, -0.2) is 68.8 Å². The maximum atomic E-state index is 11.5. The molecule has 134 valence electrons. The van der Waals surface area contributed by atoms with Gasteiger partial charge in [0, 0.05) is 26.2 Å². The van der Waals surface area contributed by atoms with Gasteiger partial charge in [-0.25, -0.2) is 0 Å². The Hall–Kier alpha value is -1.37. The van der Waals surface area contributed by atoms with E-state index in [2.05, 4.69) is 4.90 Å². The summed E-state index contributed by atoms with van der Waals surface area (Å²) >= 11 is 0. The largest absolute Gasteiger partial charge is 0.472 e. The monoisotopic (exact) mass is 336 g/mol. The number of carbonyl (C=O) groups is 1. The summed E-state index contributed by atoms with van der Waals surface area (Å²) in [6, 6.07) is 2.03. The van der Waals surface area contributed by atoms with Gasteiger partial charge in [-0.05, 0) is 43.8 Å². The van der Waals surface area contributed by atoms with Gasteiger partial charge in [0.25, 0.3) is 0 Å². The van der Waals surface area contributed by atoms with Crippen molar-refractivity contribution in [1.29, 1.82) is 0 Å². The van der Waals surface area contributed by atoms with Crippen LogP contribution in [0.15, 0.2) is 23.0 Å². The highest BCUT2D eigenvalue weighted by Gasteiger charge is 2.42. The second-order valence-electron chi connectivity index (χ2n) is 7.35. The number of furan rings is 1. The fourth-order valence-electron chi connectivity index (χ4n) is 3.58. The molecule has 0 aliphatic carbocycles. The predicted molar refractivity (Wildman–Crippen MR) is 89.5 cm³/mol. The standard InChI is InChI=1S/C18H28N2O4/c1-19(2)17(21)13-23-12-16-9-18(14-24-16)4-6-20(7-5-18)10-15-3-8-22-11-15/h3,8,11,16H,4-7,9-10,12-14H2,1-2H3/t16-/m1/s1. The average Bonchev–Trinajstić information content (AvgIpc) is 3.20. The lowest BCUT2D eigenvalue weighted by atomic mass is 9.76. The minimum Gasteiger partial charge on any atom is -0.472 e. The molecule has 0 aromatic carbocycles. The highest BCUT2D eigenvalue weighted by molar-refractivity contribution is 5.76. The van der Waals surface area contributed by atoms with Crippen LogP contribution in [0.5, 0.6) is 0 Å². The molecule has 1 aromatic heterocycles. The SMILES string of the molecule is CN(C)C(=O)COC[C@H]1CC2(CCN(Cc3ccoc3)CC2)CO1. The first-order valence-electron chi connectivity index (χ1n) is 8.69. The van der Waals surface area contributed by atoms with Crippen molar-refractivity contribution in [2.45, 2.75) is 31.9 Å². The molecule has 24 heavy (non-hydrogen) atoms. The van der Waals surface area contributed by atoms with E-state index in [0.29, 0.717) is 12.0 Å². The van der Waals surface area contributed by atoms with E-state index in [1.807, 2.05) is 12.3 Å². The van der Waals surface area contributed by atoms with Crippen LogP contribution in [0.3, 0.4) is 0 Å². The van der Waals surface area contributed by atoms with Crippen molar-refractivity contribution in [2.75, 3.05) is 47.0 Å². The van der Waals surface area contributed by atoms with Gasteiger partial charge in [-0.3, -0.25) is 9.69 Å². The van der Waals surface area contributed by atoms with Gasteiger partial charge in [-0.2, -0.15) is 0 Å². The molecule has 0 saturated carbocycles. The number of ether oxygens (including phenoxy) is 2. The number of nitrogens with zero attached hydrogens (tertiary/aromatic N) is 2. The lowest BCUT2D eigenvalue weighted by molar-refractivity contribution is -0.134. The third-order valence-electron chi connectivity index (χ3n) is 5.22. The Bertz CT molecular complexity index is 521. The van der Waals surface area contributed by atoms with Crippen LogP contribution >= 0.6 is 0 Å². The smallest absolute Gasteiger partial charge is 0.248 e. The molecule has 6 heteroatoms. The normalized spacial score (nSPS) is 23.7. The van der Waals surface area contributed by atoms with E-state index in [9.17, 15) is 4.79 Å². The predicted octanol–water partition coefficient (Wildman–Crippen LogP) is 1.76. The van der Waals surface area contributed by atoms with Crippen LogP contribution in [-0.2, 0) is 20.8 Å². The van der Waals surface area contributed by atoms with Gasteiger partial charge < -0.3 is 18.8 Å². The van der Waals surface area contributed by atoms with Gasteiger partial charge in [0.15, 0.2) is 0 Å². The first-order chi connectivity index (χ1) is 11.6. The minimum atomic E-state index is -0.00438. The molecule has 6 nitrogen and oxygen atoms in total. The average molecular weight is 336 g/mol. The van der Waals surface area contributed by atoms with Crippen molar-refractivity contribution in [2.24, 2.45) is 5.41 Å². The van der Waals surface area contributed by atoms with Gasteiger partial charge >= 0.3 is 0 Å². The van der Waals surface area contributed by atoms with E-state index >= 15 is 0 Å². The summed E-state index contributed by atoms with van der Waals surface area (Å²) in [5.74, 6) is -0.00438. The fraction of sp³-hybridized carbons (Fsp3) is 0.722. The molecule has 3 heterocycles. The zero-order valence-electron chi connectivity index (χ0n) is 14.7. The molecule has 2 fully saturated rings. The molecule has 0 unspecified atom stereocenters. The lowest BCUT2D eigenvalue weighted by Crippen LogP contribution is -2.40. The maximum absolute atomic E-state index is 11.5. The molecule has 2 aliphatic heterocycles. The number of hydrogen-bond acceptors (Lipinski definition) is 5. The number of carbonyl (C=O) groups excluding carboxylic acids is 1. The summed E-state index contributed by atoms with van der Waals surface area (Å²) in [5, 5.41) is 0. The third-order valence-corrected chi connectivity index (χ3v) is 5.22. The zero-order chi connectivity index (χ0) is 17.0. The highest BCUT2D eigenvalue weighted by atomic mass is 16.5. The van der Waals surface area contributed by atoms with Crippen molar-refractivity contribution in [3.8, 4) is 0 Å². The first-order valence-corrected chi connectivity index (χ1v) is 8.69. The molecule has 0 N–H and O–H groups in total. The van der Waals surface area contributed by atoms with Crippen LogP contribution in [0.4, 0.5) is 0 Å². The lowest BCUT2D eigenvalue weighted by Gasteiger charge is -2.38. The third kappa shape index (κ3) is 4.37. The molecule has 1 amide bonds. The highest BCUT2D eigenvalue weighted by Crippen LogP contribution is 2.42. The molecular formula is C18H28N2O4. The van der Waals surface area contributed by atoms with Crippen LogP contribution in [0.25, 0.3) is 0 Å². The van der Waals surface area contributed by atoms with E-state index in [1.165, 1.54) is 5.56 Å². The van der Waals surface area contributed by atoms with Crippen molar-refractivity contribution in [3.05, 3.63) is 24.2 Å². The Morgan fingerprint density at radius 3 is 2.88 bits per heavy atom. The molecule has 1 atom stereocenters. The number of likely N-dealkylation sites (tertiary alicyclic amines) is 1. The Kier molecular flexibility index (Phi) is 5.58. The number of piperidine rings is 1. The molecule has 0 bridgehead atoms. The van der Waals surface area contributed by atoms with Crippen molar-refractivity contribution in [3.63, 3.8) is 0 Å². The molecule has 3 rings (SSSR count). The van der Waals surface area contributed by atoms with Crippen molar-refractivity contribution < 1.29 is 18.7 Å². The van der Waals surface area contributed by atoms with E-state index in [-0.39, 0.29) is 18.6 Å². The quantitative estimate of drug-likeness (QED) is 0.792. The van der Waals surface area contributed by atoms with Gasteiger partial charge in [-0.15, -0.1) is 0 Å². The summed E-state index contributed by atoms with van der Waals surface area (Å²) in [6.45, 7) is 4.63. The molecule has 1 spiro atoms. The zero-order valence-corrected chi connectivity index (χ0v) is 14.7. The van der Waals surface area contributed by atoms with E-state index < -0.39 is 0 Å². The van der Waals surface area contributed by atoms with Crippen LogP contribution in [0, 0.1) is 5.41 Å². The summed E-state index contributed by atoms with van der Waals surface area (Å²) in [4.78, 5) is 15.6. The Morgan fingerprint density at radius 1 is 1.42 bits per heavy atom. The van der Waals surface area contributed by atoms with Crippen LogP contribution < -0.4 is 0 Å². The minimum absolute atomic E-state index is 0.00438. The van der Waals surface area contributed by atoms with Gasteiger partial charge in [0.2, 0.25) is 5.91 Å². The van der Waals surface area contributed by atoms with E-state index in [0.717, 1.165) is 45.5 Å². The topological polar surface area (TPSA) is 55.2 Å². The summed E-state index contributed by atoms with van der Waals surface area (Å²) in [6.07, 6.45) is 7.06. The van der Waals surface area contributed by atoms with Gasteiger partial charge in [0.05, 0.1) is 31.8 Å². The summed E-state index contributed by atoms with van der Waals surface area (Å²) in [7, 11) is 3.48. The fourth-order valence-corrected chi connectivity index (χ4v) is 3.58. The van der Waals surface area contributed by atoms with Crippen LogP contribution in [0.2, 0.25) is 0 Å². The second-order valence-corrected chi connectivity index (χ2v) is 7.35. The number of amides is 1. The summed E-state index contributed by atoms with van der Waals surface area (Å²) in [5.41, 5.74) is 1.54. The number of rotatable bonds is 6. The van der Waals surface area contributed by atoms with Gasteiger partial charge in [0.1, 0.15) is 6.61 Å². The van der Waals surface area contributed by atoms with Crippen molar-refractivity contribution >= 4 is 5.91 Å². The van der Waals surface area contributed by atoms with Crippen LogP contribution in [0.1, 0.15) is 24.8 Å². The van der Waals surface area contributed by atoms with E-state index in [4.69, 9.17) is 13.9 Å². The first kappa shape index (κ1) is 17.5. The molecule has 0 radical (unpaired) electrons. The van der Waals surface area contributed by atoms with Gasteiger partial charge in [-0.1, -0.05) is 0 Å². The Morgan fingerprint density at radius 2 is 2.21 bits per heavy atom. The summed E-state index contributed by atoms with van der Waals surface area (Å²) < 4.78 is 16.6. The second kappa shape index (κ2) is 7.68. The number of hydrogen-bond donors (Lipinski definition) is 0. The molecule has 2 saturated heterocycles. The Balaban J connectivity index is 1.38. The van der Waals surface area contributed by atoms with Crippen molar-refractivity contribution in [1.82, 2.24) is 9.80 Å². The van der Waals surface area contributed by atoms with E-state index in [1.54, 1.807) is 25.3 Å².